The largest absolute Gasteiger partial charge is 0.379 e. The highest BCUT2D eigenvalue weighted by atomic mass is 33.1. The molecule has 2 heterocycles. The molecular weight excluding hydrogens is 288 g/mol. The van der Waals surface area contributed by atoms with Crippen molar-refractivity contribution < 1.29 is 18.6 Å². The van der Waals surface area contributed by atoms with E-state index in [1.54, 1.807) is 6.20 Å². The molecule has 2 rings (SSSR count). The molecule has 2 amide bonds. The van der Waals surface area contributed by atoms with Crippen LogP contribution in [0.1, 0.15) is 19.8 Å². The summed E-state index contributed by atoms with van der Waals surface area (Å²) in [5.74, 6) is -0.599. The monoisotopic (exact) mass is 300 g/mol. The molecule has 0 saturated carbocycles. The molecule has 0 bridgehead atoms. The number of pyridine rings is 1. The Morgan fingerprint density at radius 2 is 2.00 bits per heavy atom. The van der Waals surface area contributed by atoms with E-state index in [-0.39, 0.29) is 17.8 Å². The Morgan fingerprint density at radius 1 is 1.32 bits per heavy atom. The van der Waals surface area contributed by atoms with E-state index < -0.39 is 0 Å². The summed E-state index contributed by atoms with van der Waals surface area (Å²) >= 11 is 1.02. The van der Waals surface area contributed by atoms with Crippen LogP contribution in [0.4, 0.5) is 0 Å². The topological polar surface area (TPSA) is 85.4 Å². The Bertz CT molecular complexity index is 439. The Kier molecular flexibility index (Phi) is 6.98. The molecule has 1 fully saturated rings. The van der Waals surface area contributed by atoms with Gasteiger partial charge in [0.15, 0.2) is 0 Å². The minimum absolute atomic E-state index is 0.148. The Morgan fingerprint density at radius 3 is 2.42 bits per heavy atom. The van der Waals surface area contributed by atoms with Crippen molar-refractivity contribution in [3.8, 4) is 0 Å². The lowest BCUT2D eigenvalue weighted by Gasteiger charge is -1.96. The van der Waals surface area contributed by atoms with E-state index >= 15 is 0 Å². The fraction of sp³-hybridized carbons (Fsp3) is 0.273. The van der Waals surface area contributed by atoms with Crippen LogP contribution in [-0.4, -0.2) is 22.8 Å². The van der Waals surface area contributed by atoms with Crippen LogP contribution >= 0.6 is 21.9 Å². The molecule has 1 aliphatic rings. The van der Waals surface area contributed by atoms with Crippen LogP contribution in [0.3, 0.4) is 0 Å². The molecule has 0 atom stereocenters. The number of carbonyl (C=O) groups excluding carboxylic acids is 3. The molecule has 0 spiro atoms. The van der Waals surface area contributed by atoms with E-state index in [1.165, 1.54) is 17.7 Å². The number of hydrogen-bond acceptors (Lipinski definition) is 7. The van der Waals surface area contributed by atoms with Crippen LogP contribution in [0.25, 0.3) is 0 Å². The molecule has 0 radical (unpaired) electrons. The number of amides is 2. The molecule has 1 saturated heterocycles. The smallest absolute Gasteiger partial charge is 0.315 e. The van der Waals surface area contributed by atoms with Gasteiger partial charge in [-0.3, -0.25) is 19.7 Å². The standard InChI is InChI=1S/C7H7NO2S2.C4H5NO2/c1-6(9)10-12-11-7-4-2-3-5-8-7;6-3-1-2-4(7)5-3/h2-5H,1H3;1-2H2,(H,5,6,7). The van der Waals surface area contributed by atoms with E-state index in [2.05, 4.69) is 14.5 Å². The first-order chi connectivity index (χ1) is 9.08. The lowest BCUT2D eigenvalue weighted by molar-refractivity contribution is -0.130. The van der Waals surface area contributed by atoms with Crippen LogP contribution in [0.2, 0.25) is 0 Å². The van der Waals surface area contributed by atoms with Crippen LogP contribution in [0.15, 0.2) is 29.4 Å². The lowest BCUT2D eigenvalue weighted by atomic mass is 10.4. The zero-order valence-electron chi connectivity index (χ0n) is 10.1. The van der Waals surface area contributed by atoms with Crippen LogP contribution in [-0.2, 0) is 18.6 Å². The summed E-state index contributed by atoms with van der Waals surface area (Å²) in [5, 5.41) is 2.96. The van der Waals surface area contributed by atoms with Gasteiger partial charge in [0.2, 0.25) is 11.8 Å². The predicted octanol–water partition coefficient (Wildman–Crippen LogP) is 1.72. The van der Waals surface area contributed by atoms with Gasteiger partial charge in [0.05, 0.1) is 0 Å². The van der Waals surface area contributed by atoms with E-state index in [0.29, 0.717) is 12.8 Å². The summed E-state index contributed by atoms with van der Waals surface area (Å²) in [6, 6.07) is 5.56. The quantitative estimate of drug-likeness (QED) is 0.517. The van der Waals surface area contributed by atoms with Gasteiger partial charge in [-0.05, 0) is 12.1 Å². The maximum absolute atomic E-state index is 10.4. The second-order valence-corrected chi connectivity index (χ2v) is 5.16. The van der Waals surface area contributed by atoms with Crippen LogP contribution in [0.5, 0.6) is 0 Å². The number of carbonyl (C=O) groups is 3. The molecule has 0 unspecified atom stereocenters. The molecule has 102 valence electrons. The molecular formula is C11H12N2O4S2. The third-order valence-electron chi connectivity index (χ3n) is 1.77. The Balaban J connectivity index is 0.000000218. The zero-order valence-corrected chi connectivity index (χ0v) is 11.8. The summed E-state index contributed by atoms with van der Waals surface area (Å²) in [6.07, 6.45) is 2.44. The van der Waals surface area contributed by atoms with Gasteiger partial charge in [0, 0.05) is 36.8 Å². The number of nitrogens with zero attached hydrogens (tertiary/aromatic N) is 1. The maximum atomic E-state index is 10.4. The maximum Gasteiger partial charge on any atom is 0.315 e. The minimum atomic E-state index is -0.302. The van der Waals surface area contributed by atoms with Gasteiger partial charge in [-0.2, -0.15) is 0 Å². The molecule has 1 N–H and O–H groups in total. The highest BCUT2D eigenvalue weighted by Gasteiger charge is 2.15. The molecule has 8 heteroatoms. The second-order valence-electron chi connectivity index (χ2n) is 3.37. The van der Waals surface area contributed by atoms with Crippen LogP contribution in [0, 0.1) is 0 Å². The van der Waals surface area contributed by atoms with E-state index in [9.17, 15) is 14.4 Å². The van der Waals surface area contributed by atoms with Crippen molar-refractivity contribution in [3.63, 3.8) is 0 Å². The van der Waals surface area contributed by atoms with Crippen molar-refractivity contribution >= 4 is 39.7 Å². The van der Waals surface area contributed by atoms with Gasteiger partial charge in [-0.15, -0.1) is 0 Å². The van der Waals surface area contributed by atoms with Crippen molar-refractivity contribution in [2.24, 2.45) is 0 Å². The number of nitrogens with one attached hydrogen (secondary N) is 1. The molecule has 6 nitrogen and oxygen atoms in total. The summed E-state index contributed by atoms with van der Waals surface area (Å²) in [7, 11) is 1.31. The third kappa shape index (κ3) is 7.47. The SMILES string of the molecule is CC(=O)OSSc1ccccn1.O=C1CCC(=O)N1. The van der Waals surface area contributed by atoms with Crippen molar-refractivity contribution in [2.75, 3.05) is 0 Å². The minimum Gasteiger partial charge on any atom is -0.379 e. The second kappa shape index (κ2) is 8.54. The molecule has 1 aromatic heterocycles. The Labute approximate surface area is 118 Å². The van der Waals surface area contributed by atoms with Gasteiger partial charge < -0.3 is 4.18 Å². The van der Waals surface area contributed by atoms with E-state index in [0.717, 1.165) is 16.1 Å². The van der Waals surface area contributed by atoms with Gasteiger partial charge in [0.1, 0.15) is 16.1 Å². The number of rotatable bonds is 3. The number of imide groups is 1. The third-order valence-corrected chi connectivity index (χ3v) is 3.47. The zero-order chi connectivity index (χ0) is 14.1. The molecule has 19 heavy (non-hydrogen) atoms. The summed E-state index contributed by atoms with van der Waals surface area (Å²) in [4.78, 5) is 34.6. The normalized spacial score (nSPS) is 13.3. The summed E-state index contributed by atoms with van der Waals surface area (Å²) < 4.78 is 4.65. The van der Waals surface area contributed by atoms with Crippen LogP contribution < -0.4 is 5.32 Å². The molecule has 1 aromatic rings. The summed E-state index contributed by atoms with van der Waals surface area (Å²) in [6.45, 7) is 1.37. The van der Waals surface area contributed by atoms with Gasteiger partial charge in [-0.1, -0.05) is 6.07 Å². The van der Waals surface area contributed by atoms with Crippen molar-refractivity contribution in [1.82, 2.24) is 10.3 Å². The van der Waals surface area contributed by atoms with Gasteiger partial charge in [0.25, 0.3) is 0 Å². The first kappa shape index (κ1) is 15.5. The molecule has 0 aromatic carbocycles. The van der Waals surface area contributed by atoms with Gasteiger partial charge >= 0.3 is 5.97 Å². The average molecular weight is 300 g/mol. The molecule has 1 aliphatic heterocycles. The number of hydrogen-bond donors (Lipinski definition) is 1. The molecule has 0 aliphatic carbocycles. The first-order valence-corrected chi connectivity index (χ1v) is 7.41. The fourth-order valence-corrected chi connectivity index (χ4v) is 2.34. The van der Waals surface area contributed by atoms with Crippen molar-refractivity contribution in [3.05, 3.63) is 24.4 Å². The van der Waals surface area contributed by atoms with E-state index in [1.807, 2.05) is 18.2 Å². The summed E-state index contributed by atoms with van der Waals surface area (Å²) in [5.41, 5.74) is 0. The van der Waals surface area contributed by atoms with Crippen molar-refractivity contribution in [2.45, 2.75) is 24.8 Å². The lowest BCUT2D eigenvalue weighted by Crippen LogP contribution is -2.18. The fourth-order valence-electron chi connectivity index (χ4n) is 1.00. The number of aromatic nitrogens is 1. The van der Waals surface area contributed by atoms with Crippen molar-refractivity contribution in [1.29, 1.82) is 0 Å². The Hall–Kier alpha value is -1.54. The first-order valence-electron chi connectivity index (χ1n) is 5.33. The highest BCUT2D eigenvalue weighted by molar-refractivity contribution is 8.75. The average Bonchev–Trinajstić information content (AvgIpc) is 2.75. The highest BCUT2D eigenvalue weighted by Crippen LogP contribution is 2.29. The predicted molar refractivity (Wildman–Crippen MR) is 71.8 cm³/mol. The van der Waals surface area contributed by atoms with Gasteiger partial charge in [-0.25, -0.2) is 4.98 Å². The van der Waals surface area contributed by atoms with E-state index in [4.69, 9.17) is 0 Å².